The molecule has 0 aromatic heterocycles. The topological polar surface area (TPSA) is 29.3 Å². The van der Waals surface area contributed by atoms with Crippen molar-refractivity contribution in [2.75, 3.05) is 23.7 Å². The lowest BCUT2D eigenvalue weighted by Crippen LogP contribution is -2.29. The van der Waals surface area contributed by atoms with Gasteiger partial charge in [0, 0.05) is 23.2 Å². The van der Waals surface area contributed by atoms with E-state index in [0.717, 1.165) is 10.2 Å². The van der Waals surface area contributed by atoms with E-state index >= 15 is 0 Å². The van der Waals surface area contributed by atoms with Crippen molar-refractivity contribution in [3.05, 3.63) is 22.7 Å². The molecule has 1 aromatic rings. The molecule has 3 heteroatoms. The second-order valence-corrected chi connectivity index (χ2v) is 6.80. The maximum atomic E-state index is 5.81. The fraction of sp³-hybridized carbons (Fsp3) is 0.600. The van der Waals surface area contributed by atoms with Crippen LogP contribution < -0.4 is 10.6 Å². The summed E-state index contributed by atoms with van der Waals surface area (Å²) < 4.78 is 1.13. The van der Waals surface area contributed by atoms with Gasteiger partial charge in [-0.1, -0.05) is 19.3 Å². The van der Waals surface area contributed by atoms with Gasteiger partial charge in [0.15, 0.2) is 0 Å². The molecule has 0 radical (unpaired) electrons. The molecule has 3 rings (SSSR count). The molecule has 1 heterocycles. The third-order valence-corrected chi connectivity index (χ3v) is 5.30. The summed E-state index contributed by atoms with van der Waals surface area (Å²) in [6, 6.07) is 6.18. The van der Waals surface area contributed by atoms with E-state index in [1.807, 2.05) is 12.1 Å². The Bertz CT molecular complexity index is 438. The molecular weight excluding hydrogens is 288 g/mol. The van der Waals surface area contributed by atoms with E-state index in [4.69, 9.17) is 5.73 Å². The number of anilines is 2. The van der Waals surface area contributed by atoms with Crippen LogP contribution in [0.1, 0.15) is 38.5 Å². The van der Waals surface area contributed by atoms with E-state index in [9.17, 15) is 0 Å². The lowest BCUT2D eigenvalue weighted by atomic mass is 9.73. The normalized spacial score (nSPS) is 22.6. The van der Waals surface area contributed by atoms with Gasteiger partial charge in [-0.2, -0.15) is 0 Å². The zero-order valence-corrected chi connectivity index (χ0v) is 12.4. The summed E-state index contributed by atoms with van der Waals surface area (Å²) in [7, 11) is 0. The van der Waals surface area contributed by atoms with Crippen LogP contribution in [0.15, 0.2) is 22.7 Å². The standard InChI is InChI=1S/C15H21BrN2/c16-13-10-12(17)4-5-14(13)18-9-8-15(11-18)6-2-1-3-7-15/h4-5,10H,1-3,6-9,11,17H2. The highest BCUT2D eigenvalue weighted by Crippen LogP contribution is 2.45. The minimum atomic E-state index is 0.610. The molecule has 2 aliphatic rings. The van der Waals surface area contributed by atoms with Gasteiger partial charge in [0.05, 0.1) is 5.69 Å². The number of benzene rings is 1. The van der Waals surface area contributed by atoms with Gasteiger partial charge in [0.1, 0.15) is 0 Å². The van der Waals surface area contributed by atoms with Crippen LogP contribution in [0.5, 0.6) is 0 Å². The Morgan fingerprint density at radius 2 is 1.89 bits per heavy atom. The summed E-state index contributed by atoms with van der Waals surface area (Å²) in [4.78, 5) is 2.54. The highest BCUT2D eigenvalue weighted by atomic mass is 79.9. The average molecular weight is 309 g/mol. The number of rotatable bonds is 1. The van der Waals surface area contributed by atoms with Crippen molar-refractivity contribution in [1.82, 2.24) is 0 Å². The van der Waals surface area contributed by atoms with Crippen molar-refractivity contribution in [1.29, 1.82) is 0 Å². The number of hydrogen-bond donors (Lipinski definition) is 1. The van der Waals surface area contributed by atoms with Gasteiger partial charge in [-0.3, -0.25) is 0 Å². The molecule has 0 unspecified atom stereocenters. The predicted molar refractivity (Wildman–Crippen MR) is 80.9 cm³/mol. The molecule has 0 atom stereocenters. The zero-order valence-electron chi connectivity index (χ0n) is 10.8. The highest BCUT2D eigenvalue weighted by Gasteiger charge is 2.39. The van der Waals surface area contributed by atoms with Crippen LogP contribution in [0.2, 0.25) is 0 Å². The van der Waals surface area contributed by atoms with Gasteiger partial charge in [0.2, 0.25) is 0 Å². The van der Waals surface area contributed by atoms with Crippen LogP contribution in [0, 0.1) is 5.41 Å². The van der Waals surface area contributed by atoms with Crippen molar-refractivity contribution < 1.29 is 0 Å². The summed E-state index contributed by atoms with van der Waals surface area (Å²) in [5, 5.41) is 0. The monoisotopic (exact) mass is 308 g/mol. The van der Waals surface area contributed by atoms with Crippen LogP contribution in [0.25, 0.3) is 0 Å². The molecule has 2 N–H and O–H groups in total. The Morgan fingerprint density at radius 3 is 2.61 bits per heavy atom. The first kappa shape index (κ1) is 12.3. The molecule has 2 nitrogen and oxygen atoms in total. The molecule has 2 fully saturated rings. The fourth-order valence-electron chi connectivity index (χ4n) is 3.63. The van der Waals surface area contributed by atoms with Crippen molar-refractivity contribution in [2.24, 2.45) is 5.41 Å². The third-order valence-electron chi connectivity index (χ3n) is 4.66. The Balaban J connectivity index is 1.78. The van der Waals surface area contributed by atoms with Gasteiger partial charge in [-0.05, 0) is 58.8 Å². The minimum absolute atomic E-state index is 0.610. The summed E-state index contributed by atoms with van der Waals surface area (Å²) in [5.74, 6) is 0. The van der Waals surface area contributed by atoms with Crippen LogP contribution in [-0.2, 0) is 0 Å². The smallest absolute Gasteiger partial charge is 0.0512 e. The van der Waals surface area contributed by atoms with Crippen molar-refractivity contribution in [2.45, 2.75) is 38.5 Å². The molecule has 18 heavy (non-hydrogen) atoms. The maximum absolute atomic E-state index is 5.81. The molecule has 0 amide bonds. The number of nitrogens with zero attached hydrogens (tertiary/aromatic N) is 1. The van der Waals surface area contributed by atoms with E-state index in [2.05, 4.69) is 26.9 Å². The Hall–Kier alpha value is -0.700. The van der Waals surface area contributed by atoms with Gasteiger partial charge >= 0.3 is 0 Å². The Morgan fingerprint density at radius 1 is 1.11 bits per heavy atom. The highest BCUT2D eigenvalue weighted by molar-refractivity contribution is 9.10. The molecular formula is C15H21BrN2. The van der Waals surface area contributed by atoms with Crippen LogP contribution in [0.4, 0.5) is 11.4 Å². The van der Waals surface area contributed by atoms with Gasteiger partial charge in [-0.25, -0.2) is 0 Å². The molecule has 1 saturated heterocycles. The zero-order chi connectivity index (χ0) is 12.6. The number of nitrogen functional groups attached to an aromatic ring is 1. The molecule has 0 bridgehead atoms. The van der Waals surface area contributed by atoms with Gasteiger partial charge < -0.3 is 10.6 Å². The van der Waals surface area contributed by atoms with Crippen LogP contribution in [-0.4, -0.2) is 13.1 Å². The number of halogens is 1. The number of hydrogen-bond acceptors (Lipinski definition) is 2. The lowest BCUT2D eigenvalue weighted by molar-refractivity contribution is 0.219. The largest absolute Gasteiger partial charge is 0.399 e. The first-order valence-electron chi connectivity index (χ1n) is 6.99. The second-order valence-electron chi connectivity index (χ2n) is 5.94. The summed E-state index contributed by atoms with van der Waals surface area (Å²) in [6.07, 6.45) is 8.51. The summed E-state index contributed by atoms with van der Waals surface area (Å²) in [5.41, 5.74) is 8.57. The van der Waals surface area contributed by atoms with E-state index in [0.29, 0.717) is 5.41 Å². The predicted octanol–water partition coefficient (Wildman–Crippen LogP) is 4.19. The van der Waals surface area contributed by atoms with Crippen LogP contribution in [0.3, 0.4) is 0 Å². The van der Waals surface area contributed by atoms with E-state index in [1.165, 1.54) is 57.3 Å². The minimum Gasteiger partial charge on any atom is -0.399 e. The molecule has 1 aromatic carbocycles. The molecule has 1 aliphatic carbocycles. The Kier molecular flexibility index (Phi) is 3.27. The maximum Gasteiger partial charge on any atom is 0.0512 e. The molecule has 1 aliphatic heterocycles. The SMILES string of the molecule is Nc1ccc(N2CCC3(CCCCC3)C2)c(Br)c1. The van der Waals surface area contributed by atoms with E-state index in [1.54, 1.807) is 0 Å². The summed E-state index contributed by atoms with van der Waals surface area (Å²) in [6.45, 7) is 2.43. The lowest BCUT2D eigenvalue weighted by Gasteiger charge is -2.33. The Labute approximate surface area is 118 Å². The molecule has 1 saturated carbocycles. The number of nitrogens with two attached hydrogens (primary N) is 1. The molecule has 1 spiro atoms. The van der Waals surface area contributed by atoms with Crippen molar-refractivity contribution in [3.63, 3.8) is 0 Å². The first-order chi connectivity index (χ1) is 8.69. The van der Waals surface area contributed by atoms with Crippen molar-refractivity contribution in [3.8, 4) is 0 Å². The van der Waals surface area contributed by atoms with Crippen molar-refractivity contribution >= 4 is 27.3 Å². The average Bonchev–Trinajstić information content (AvgIpc) is 2.74. The van der Waals surface area contributed by atoms with Gasteiger partial charge in [-0.15, -0.1) is 0 Å². The van der Waals surface area contributed by atoms with Gasteiger partial charge in [0.25, 0.3) is 0 Å². The van der Waals surface area contributed by atoms with Crippen LogP contribution >= 0.6 is 15.9 Å². The van der Waals surface area contributed by atoms with E-state index < -0.39 is 0 Å². The quantitative estimate of drug-likeness (QED) is 0.788. The fourth-order valence-corrected chi connectivity index (χ4v) is 4.28. The second kappa shape index (κ2) is 4.76. The third kappa shape index (κ3) is 2.25. The first-order valence-corrected chi connectivity index (χ1v) is 7.78. The molecule has 98 valence electrons. The summed E-state index contributed by atoms with van der Waals surface area (Å²) >= 11 is 3.65. The van der Waals surface area contributed by atoms with E-state index in [-0.39, 0.29) is 0 Å².